The zero-order chi connectivity index (χ0) is 14.8. The Morgan fingerprint density at radius 2 is 2.38 bits per heavy atom. The van der Waals surface area contributed by atoms with Gasteiger partial charge in [0, 0.05) is 18.0 Å². The maximum absolute atomic E-state index is 11.3. The van der Waals surface area contributed by atoms with E-state index in [0.717, 1.165) is 12.8 Å². The van der Waals surface area contributed by atoms with Gasteiger partial charge in [0.25, 0.3) is 0 Å². The van der Waals surface area contributed by atoms with Crippen molar-refractivity contribution < 1.29 is 14.6 Å². The van der Waals surface area contributed by atoms with Crippen molar-refractivity contribution in [2.24, 2.45) is 0 Å². The van der Waals surface area contributed by atoms with Crippen LogP contribution in [0.3, 0.4) is 0 Å². The van der Waals surface area contributed by atoms with Gasteiger partial charge in [0.2, 0.25) is 0 Å². The van der Waals surface area contributed by atoms with Gasteiger partial charge in [0.05, 0.1) is 18.8 Å². The van der Waals surface area contributed by atoms with Crippen LogP contribution < -0.4 is 0 Å². The third kappa shape index (κ3) is 2.78. The zero-order valence-electron chi connectivity index (χ0n) is 11.6. The van der Waals surface area contributed by atoms with Crippen LogP contribution in [0.4, 0.5) is 0 Å². The molecule has 0 aliphatic carbocycles. The lowest BCUT2D eigenvalue weighted by Gasteiger charge is -2.13. The molecule has 0 radical (unpaired) electrons. The predicted octanol–water partition coefficient (Wildman–Crippen LogP) is 1.61. The molecule has 7 heteroatoms. The average molecular weight is 288 g/mol. The number of carboxylic acid groups (broad SMARTS) is 1. The van der Waals surface area contributed by atoms with E-state index in [9.17, 15) is 9.90 Å². The first-order valence-corrected chi connectivity index (χ1v) is 6.88. The van der Waals surface area contributed by atoms with E-state index in [1.807, 2.05) is 6.92 Å². The van der Waals surface area contributed by atoms with E-state index in [1.54, 1.807) is 29.2 Å². The second-order valence-corrected chi connectivity index (χ2v) is 5.16. The number of carbonyl (C=O) groups is 1. The highest BCUT2D eigenvalue weighted by molar-refractivity contribution is 5.92. The molecule has 21 heavy (non-hydrogen) atoms. The molecule has 3 heterocycles. The van der Waals surface area contributed by atoms with Crippen molar-refractivity contribution in [2.75, 3.05) is 0 Å². The van der Waals surface area contributed by atoms with Crippen molar-refractivity contribution in [1.82, 2.24) is 20.0 Å². The molecule has 2 aromatic rings. The van der Waals surface area contributed by atoms with Gasteiger partial charge in [-0.25, -0.2) is 9.48 Å². The maximum atomic E-state index is 11.3. The van der Waals surface area contributed by atoms with E-state index in [2.05, 4.69) is 15.3 Å². The molecule has 1 aliphatic rings. The van der Waals surface area contributed by atoms with Crippen LogP contribution in [0.1, 0.15) is 30.3 Å². The Labute approximate surface area is 121 Å². The third-order valence-electron chi connectivity index (χ3n) is 3.57. The molecular weight excluding hydrogens is 272 g/mol. The first-order valence-electron chi connectivity index (χ1n) is 6.88. The molecule has 0 saturated carbocycles. The van der Waals surface area contributed by atoms with E-state index in [4.69, 9.17) is 4.74 Å². The monoisotopic (exact) mass is 288 g/mol. The van der Waals surface area contributed by atoms with E-state index >= 15 is 0 Å². The summed E-state index contributed by atoms with van der Waals surface area (Å²) >= 11 is 0. The van der Waals surface area contributed by atoms with Crippen LogP contribution >= 0.6 is 0 Å². The fraction of sp³-hybridized carbons (Fsp3) is 0.429. The Kier molecular flexibility index (Phi) is 3.66. The van der Waals surface area contributed by atoms with Gasteiger partial charge in [0.1, 0.15) is 5.69 Å². The Bertz CT molecular complexity index is 641. The van der Waals surface area contributed by atoms with Crippen molar-refractivity contribution in [3.8, 4) is 11.3 Å². The van der Waals surface area contributed by atoms with Gasteiger partial charge in [-0.3, -0.25) is 4.98 Å². The fourth-order valence-corrected chi connectivity index (χ4v) is 2.59. The average Bonchev–Trinajstić information content (AvgIpc) is 3.07. The third-order valence-corrected chi connectivity index (χ3v) is 3.57. The number of nitrogens with zero attached hydrogens (tertiary/aromatic N) is 4. The van der Waals surface area contributed by atoms with Crippen LogP contribution in [0.25, 0.3) is 11.3 Å². The number of hydrogen-bond acceptors (Lipinski definition) is 5. The van der Waals surface area contributed by atoms with Gasteiger partial charge in [-0.2, -0.15) is 0 Å². The van der Waals surface area contributed by atoms with Crippen molar-refractivity contribution in [1.29, 1.82) is 0 Å². The summed E-state index contributed by atoms with van der Waals surface area (Å²) in [5, 5.41) is 17.0. The standard InChI is InChI=1S/C14H16N4O3/c1-9-4-5-11(21-9)8-18-13(10-3-2-6-15-7-10)12(14(19)20)16-17-18/h2-3,6-7,9,11H,4-5,8H2,1H3,(H,19,20). The number of aromatic carboxylic acids is 1. The molecule has 110 valence electrons. The summed E-state index contributed by atoms with van der Waals surface area (Å²) in [4.78, 5) is 15.4. The Hall–Kier alpha value is -2.28. The number of aromatic nitrogens is 4. The molecular formula is C14H16N4O3. The second kappa shape index (κ2) is 5.61. The normalized spacial score (nSPS) is 21.6. The van der Waals surface area contributed by atoms with Gasteiger partial charge in [-0.05, 0) is 31.9 Å². The van der Waals surface area contributed by atoms with Crippen LogP contribution in [-0.2, 0) is 11.3 Å². The lowest BCUT2D eigenvalue weighted by molar-refractivity contribution is 0.0436. The minimum atomic E-state index is -1.10. The van der Waals surface area contributed by atoms with Gasteiger partial charge < -0.3 is 9.84 Å². The molecule has 7 nitrogen and oxygen atoms in total. The fourth-order valence-electron chi connectivity index (χ4n) is 2.59. The zero-order valence-corrected chi connectivity index (χ0v) is 11.6. The summed E-state index contributed by atoms with van der Waals surface area (Å²) in [6, 6.07) is 3.55. The lowest BCUT2D eigenvalue weighted by atomic mass is 10.1. The largest absolute Gasteiger partial charge is 0.476 e. The van der Waals surface area contributed by atoms with E-state index in [0.29, 0.717) is 17.8 Å². The first-order chi connectivity index (χ1) is 10.1. The molecule has 2 atom stereocenters. The quantitative estimate of drug-likeness (QED) is 0.919. The summed E-state index contributed by atoms with van der Waals surface area (Å²) in [7, 11) is 0. The Morgan fingerprint density at radius 3 is 3.00 bits per heavy atom. The molecule has 3 rings (SSSR count). The van der Waals surface area contributed by atoms with Gasteiger partial charge in [0.15, 0.2) is 5.69 Å². The summed E-state index contributed by atoms with van der Waals surface area (Å²) in [6.07, 6.45) is 5.47. The lowest BCUT2D eigenvalue weighted by Crippen LogP contribution is -2.18. The van der Waals surface area contributed by atoms with Crippen molar-refractivity contribution in [3.63, 3.8) is 0 Å². The summed E-state index contributed by atoms with van der Waals surface area (Å²) in [5.41, 5.74) is 1.10. The van der Waals surface area contributed by atoms with Crippen LogP contribution in [0.5, 0.6) is 0 Å². The Balaban J connectivity index is 1.95. The van der Waals surface area contributed by atoms with Gasteiger partial charge in [-0.1, -0.05) is 5.21 Å². The van der Waals surface area contributed by atoms with E-state index in [-0.39, 0.29) is 17.9 Å². The molecule has 2 unspecified atom stereocenters. The van der Waals surface area contributed by atoms with Crippen molar-refractivity contribution in [3.05, 3.63) is 30.2 Å². The SMILES string of the molecule is CC1CCC(Cn2nnc(C(=O)O)c2-c2cccnc2)O1. The number of pyridine rings is 1. The molecule has 2 aromatic heterocycles. The summed E-state index contributed by atoms with van der Waals surface area (Å²) in [5.74, 6) is -1.10. The highest BCUT2D eigenvalue weighted by atomic mass is 16.5. The summed E-state index contributed by atoms with van der Waals surface area (Å²) < 4.78 is 7.37. The molecule has 0 spiro atoms. The van der Waals surface area contributed by atoms with Crippen LogP contribution in [0.15, 0.2) is 24.5 Å². The molecule has 0 aromatic carbocycles. The molecule has 0 amide bonds. The second-order valence-electron chi connectivity index (χ2n) is 5.16. The van der Waals surface area contributed by atoms with Crippen LogP contribution in [0.2, 0.25) is 0 Å². The minimum absolute atomic E-state index is 0.0405. The molecule has 1 fully saturated rings. The molecule has 1 aliphatic heterocycles. The number of rotatable bonds is 4. The van der Waals surface area contributed by atoms with Crippen molar-refractivity contribution >= 4 is 5.97 Å². The number of hydrogen-bond donors (Lipinski definition) is 1. The van der Waals surface area contributed by atoms with Crippen LogP contribution in [0, 0.1) is 0 Å². The molecule has 0 bridgehead atoms. The van der Waals surface area contributed by atoms with Crippen LogP contribution in [-0.4, -0.2) is 43.3 Å². The van der Waals surface area contributed by atoms with Crippen molar-refractivity contribution in [2.45, 2.75) is 38.5 Å². The van der Waals surface area contributed by atoms with E-state index in [1.165, 1.54) is 0 Å². The highest BCUT2D eigenvalue weighted by Crippen LogP contribution is 2.25. The van der Waals surface area contributed by atoms with Gasteiger partial charge >= 0.3 is 5.97 Å². The maximum Gasteiger partial charge on any atom is 0.358 e. The Morgan fingerprint density at radius 1 is 1.52 bits per heavy atom. The summed E-state index contributed by atoms with van der Waals surface area (Å²) in [6.45, 7) is 2.53. The minimum Gasteiger partial charge on any atom is -0.476 e. The van der Waals surface area contributed by atoms with Gasteiger partial charge in [-0.15, -0.1) is 5.10 Å². The number of ether oxygens (including phenoxy) is 1. The smallest absolute Gasteiger partial charge is 0.358 e. The molecule has 1 N–H and O–H groups in total. The predicted molar refractivity (Wildman–Crippen MR) is 73.8 cm³/mol. The molecule has 1 saturated heterocycles. The highest BCUT2D eigenvalue weighted by Gasteiger charge is 2.26. The first kappa shape index (κ1) is 13.7. The van der Waals surface area contributed by atoms with E-state index < -0.39 is 5.97 Å². The number of carboxylic acids is 1. The topological polar surface area (TPSA) is 90.1 Å².